The number of carbonyl (C=O) groups is 1. The summed E-state index contributed by atoms with van der Waals surface area (Å²) in [6, 6.07) is 3.05. The van der Waals surface area contributed by atoms with E-state index in [0.717, 1.165) is 0 Å². The van der Waals surface area contributed by atoms with Crippen LogP contribution in [0.1, 0.15) is 13.8 Å². The fraction of sp³-hybridized carbons (Fsp3) is 0.417. The van der Waals surface area contributed by atoms with E-state index in [2.05, 4.69) is 5.32 Å². The molecule has 1 amide bonds. The van der Waals surface area contributed by atoms with Crippen molar-refractivity contribution in [2.45, 2.75) is 13.8 Å². The van der Waals surface area contributed by atoms with E-state index in [1.54, 1.807) is 0 Å². The Morgan fingerprint density at radius 2 is 1.94 bits per heavy atom. The summed E-state index contributed by atoms with van der Waals surface area (Å²) >= 11 is 11.8. The van der Waals surface area contributed by atoms with Crippen LogP contribution in [0.15, 0.2) is 12.1 Å². The van der Waals surface area contributed by atoms with Gasteiger partial charge >= 0.3 is 0 Å². The highest BCUT2D eigenvalue weighted by Gasteiger charge is 2.11. The lowest BCUT2D eigenvalue weighted by atomic mass is 10.2. The van der Waals surface area contributed by atoms with Gasteiger partial charge in [0, 0.05) is 12.2 Å². The number of ether oxygens (including phenoxy) is 1. The van der Waals surface area contributed by atoms with Crippen molar-refractivity contribution in [1.29, 1.82) is 0 Å². The number of nitrogens with two attached hydrogens (primary N) is 1. The smallest absolute Gasteiger partial charge is 0.257 e. The summed E-state index contributed by atoms with van der Waals surface area (Å²) in [5.74, 6) is 0.442. The molecule has 1 aromatic carbocycles. The van der Waals surface area contributed by atoms with Crippen molar-refractivity contribution in [2.75, 3.05) is 18.9 Å². The van der Waals surface area contributed by atoms with Crippen molar-refractivity contribution in [3.63, 3.8) is 0 Å². The third-order valence-corrected chi connectivity index (χ3v) is 2.64. The van der Waals surface area contributed by atoms with Gasteiger partial charge in [0.05, 0.1) is 10.0 Å². The van der Waals surface area contributed by atoms with Crippen LogP contribution in [-0.4, -0.2) is 19.1 Å². The van der Waals surface area contributed by atoms with E-state index in [0.29, 0.717) is 18.2 Å². The van der Waals surface area contributed by atoms with Gasteiger partial charge in [0.15, 0.2) is 12.4 Å². The highest BCUT2D eigenvalue weighted by molar-refractivity contribution is 6.37. The molecular weight excluding hydrogens is 275 g/mol. The van der Waals surface area contributed by atoms with Crippen LogP contribution in [0.2, 0.25) is 10.0 Å². The maximum Gasteiger partial charge on any atom is 0.257 e. The second kappa shape index (κ2) is 6.71. The van der Waals surface area contributed by atoms with Gasteiger partial charge in [-0.1, -0.05) is 37.0 Å². The predicted octanol–water partition coefficient (Wildman–Crippen LogP) is 2.73. The molecule has 0 fully saturated rings. The van der Waals surface area contributed by atoms with Gasteiger partial charge in [0.2, 0.25) is 0 Å². The molecule has 0 bridgehead atoms. The molecule has 0 unspecified atom stereocenters. The Balaban J connectivity index is 2.56. The van der Waals surface area contributed by atoms with Crippen LogP contribution in [0.5, 0.6) is 5.75 Å². The Kier molecular flexibility index (Phi) is 5.56. The zero-order valence-electron chi connectivity index (χ0n) is 10.3. The minimum atomic E-state index is -0.215. The number of halogens is 2. The lowest BCUT2D eigenvalue weighted by molar-refractivity contribution is -0.123. The van der Waals surface area contributed by atoms with Crippen LogP contribution in [-0.2, 0) is 4.79 Å². The standard InChI is InChI=1S/C12H16Cl2N2O2/c1-7(2)5-16-11(17)6-18-12-9(13)3-8(15)4-10(12)14/h3-4,7H,5-6,15H2,1-2H3,(H,16,17). The SMILES string of the molecule is CC(C)CNC(=O)COc1c(Cl)cc(N)cc1Cl. The van der Waals surface area contributed by atoms with E-state index in [4.69, 9.17) is 33.7 Å². The molecule has 0 saturated heterocycles. The molecule has 0 heterocycles. The minimum Gasteiger partial charge on any atom is -0.481 e. The summed E-state index contributed by atoms with van der Waals surface area (Å²) in [5.41, 5.74) is 6.01. The number of benzene rings is 1. The van der Waals surface area contributed by atoms with Gasteiger partial charge in [0.1, 0.15) is 0 Å². The first-order valence-corrected chi connectivity index (χ1v) is 6.29. The summed E-state index contributed by atoms with van der Waals surface area (Å²) in [6.45, 7) is 4.49. The molecule has 0 aliphatic rings. The maximum atomic E-state index is 11.5. The highest BCUT2D eigenvalue weighted by Crippen LogP contribution is 2.34. The van der Waals surface area contributed by atoms with Gasteiger partial charge in [-0.05, 0) is 18.1 Å². The number of anilines is 1. The molecule has 4 nitrogen and oxygen atoms in total. The number of hydrogen-bond acceptors (Lipinski definition) is 3. The van der Waals surface area contributed by atoms with Crippen molar-refractivity contribution in [2.24, 2.45) is 5.92 Å². The molecule has 18 heavy (non-hydrogen) atoms. The van der Waals surface area contributed by atoms with Crippen LogP contribution in [0, 0.1) is 5.92 Å². The van der Waals surface area contributed by atoms with Crippen LogP contribution in [0.4, 0.5) is 5.69 Å². The molecule has 0 saturated carbocycles. The molecule has 0 aliphatic heterocycles. The van der Waals surface area contributed by atoms with Crippen molar-refractivity contribution in [3.8, 4) is 5.75 Å². The second-order valence-electron chi connectivity index (χ2n) is 4.30. The molecule has 0 atom stereocenters. The van der Waals surface area contributed by atoms with E-state index < -0.39 is 0 Å². The Morgan fingerprint density at radius 1 is 1.39 bits per heavy atom. The molecule has 0 aromatic heterocycles. The summed E-state index contributed by atoms with van der Waals surface area (Å²) in [6.07, 6.45) is 0. The first-order chi connectivity index (χ1) is 8.40. The Morgan fingerprint density at radius 3 is 2.44 bits per heavy atom. The normalized spacial score (nSPS) is 10.5. The number of amides is 1. The summed E-state index contributed by atoms with van der Waals surface area (Å²) in [4.78, 5) is 11.5. The lowest BCUT2D eigenvalue weighted by Crippen LogP contribution is -2.31. The van der Waals surface area contributed by atoms with E-state index >= 15 is 0 Å². The largest absolute Gasteiger partial charge is 0.481 e. The summed E-state index contributed by atoms with van der Waals surface area (Å²) < 4.78 is 5.29. The quantitative estimate of drug-likeness (QED) is 0.820. The Labute approximate surface area is 116 Å². The average molecular weight is 291 g/mol. The first kappa shape index (κ1) is 14.9. The number of rotatable bonds is 5. The van der Waals surface area contributed by atoms with Gasteiger partial charge in [-0.15, -0.1) is 0 Å². The van der Waals surface area contributed by atoms with Gasteiger partial charge in [0.25, 0.3) is 5.91 Å². The molecule has 6 heteroatoms. The molecule has 0 aliphatic carbocycles. The first-order valence-electron chi connectivity index (χ1n) is 5.54. The third-order valence-electron chi connectivity index (χ3n) is 2.08. The fourth-order valence-corrected chi connectivity index (χ4v) is 1.84. The number of nitrogens with one attached hydrogen (secondary N) is 1. The van der Waals surface area contributed by atoms with E-state index in [-0.39, 0.29) is 28.3 Å². The van der Waals surface area contributed by atoms with Gasteiger partial charge in [-0.25, -0.2) is 0 Å². The highest BCUT2D eigenvalue weighted by atomic mass is 35.5. The van der Waals surface area contributed by atoms with E-state index in [1.165, 1.54) is 12.1 Å². The van der Waals surface area contributed by atoms with E-state index in [1.807, 2.05) is 13.8 Å². The van der Waals surface area contributed by atoms with E-state index in [9.17, 15) is 4.79 Å². The van der Waals surface area contributed by atoms with Crippen molar-refractivity contribution < 1.29 is 9.53 Å². The topological polar surface area (TPSA) is 64.3 Å². The van der Waals surface area contributed by atoms with Crippen molar-refractivity contribution in [3.05, 3.63) is 22.2 Å². The number of nitrogen functional groups attached to an aromatic ring is 1. The minimum absolute atomic E-state index is 0.129. The maximum absolute atomic E-state index is 11.5. The molecule has 0 radical (unpaired) electrons. The zero-order chi connectivity index (χ0) is 13.7. The number of carbonyl (C=O) groups excluding carboxylic acids is 1. The van der Waals surface area contributed by atoms with Gasteiger partial charge in [-0.2, -0.15) is 0 Å². The monoisotopic (exact) mass is 290 g/mol. The van der Waals surface area contributed by atoms with Crippen molar-refractivity contribution >= 4 is 34.8 Å². The van der Waals surface area contributed by atoms with Crippen LogP contribution < -0.4 is 15.8 Å². The molecule has 1 aromatic rings. The van der Waals surface area contributed by atoms with Crippen LogP contribution in [0.25, 0.3) is 0 Å². The summed E-state index contributed by atoms with van der Waals surface area (Å²) in [7, 11) is 0. The van der Waals surface area contributed by atoms with Gasteiger partial charge in [-0.3, -0.25) is 4.79 Å². The predicted molar refractivity (Wildman–Crippen MR) is 74.2 cm³/mol. The fourth-order valence-electron chi connectivity index (χ4n) is 1.22. The van der Waals surface area contributed by atoms with Gasteiger partial charge < -0.3 is 15.8 Å². The molecule has 100 valence electrons. The second-order valence-corrected chi connectivity index (χ2v) is 5.11. The molecular formula is C12H16Cl2N2O2. The third kappa shape index (κ3) is 4.63. The number of hydrogen-bond donors (Lipinski definition) is 2. The zero-order valence-corrected chi connectivity index (χ0v) is 11.8. The van der Waals surface area contributed by atoms with Crippen molar-refractivity contribution in [1.82, 2.24) is 5.32 Å². The summed E-state index contributed by atoms with van der Waals surface area (Å²) in [5, 5.41) is 3.31. The molecule has 3 N–H and O–H groups in total. The lowest BCUT2D eigenvalue weighted by Gasteiger charge is -2.11. The van der Waals surface area contributed by atoms with Crippen LogP contribution in [0.3, 0.4) is 0 Å². The Bertz CT molecular complexity index is 413. The van der Waals surface area contributed by atoms with Crippen LogP contribution >= 0.6 is 23.2 Å². The molecule has 1 rings (SSSR count). The average Bonchev–Trinajstić information content (AvgIpc) is 2.24. The molecule has 0 spiro atoms. The Hall–Kier alpha value is -1.13.